The number of carbonyl (C=O) groups is 2. The topological polar surface area (TPSA) is 75.0 Å². The molecular weight excluding hydrogens is 346 g/mol. The van der Waals surface area contributed by atoms with E-state index in [2.05, 4.69) is 5.32 Å². The summed E-state index contributed by atoms with van der Waals surface area (Å²) >= 11 is 0. The van der Waals surface area contributed by atoms with E-state index < -0.39 is 0 Å². The molecule has 2 amide bonds. The molecule has 144 valence electrons. The van der Waals surface area contributed by atoms with E-state index in [1.165, 1.54) is 11.8 Å². The van der Waals surface area contributed by atoms with E-state index in [1.807, 2.05) is 24.3 Å². The normalized spacial score (nSPS) is 14.3. The van der Waals surface area contributed by atoms with Gasteiger partial charge in [0, 0.05) is 26.2 Å². The number of nitrogens with one attached hydrogen (secondary N) is 1. The number of ether oxygens (including phenoxy) is 1. The first kappa shape index (κ1) is 19.0. The fourth-order valence-electron chi connectivity index (χ4n) is 3.08. The summed E-state index contributed by atoms with van der Waals surface area (Å²) in [5.74, 6) is 1.12. The Morgan fingerprint density at radius 2 is 1.89 bits per heavy atom. The summed E-state index contributed by atoms with van der Waals surface area (Å²) in [7, 11) is 1.65. The maximum absolute atomic E-state index is 12.3. The molecule has 0 bridgehead atoms. The van der Waals surface area contributed by atoms with Gasteiger partial charge < -0.3 is 24.3 Å². The van der Waals surface area contributed by atoms with Gasteiger partial charge >= 0.3 is 0 Å². The summed E-state index contributed by atoms with van der Waals surface area (Å²) in [6, 6.07) is 11.3. The number of furan rings is 1. The number of hydrogen-bond donors (Lipinski definition) is 1. The molecule has 7 heteroatoms. The monoisotopic (exact) mass is 371 g/mol. The maximum atomic E-state index is 12.3. The number of nitrogens with zero attached hydrogens (tertiary/aromatic N) is 2. The van der Waals surface area contributed by atoms with Gasteiger partial charge in [-0.05, 0) is 42.8 Å². The van der Waals surface area contributed by atoms with E-state index >= 15 is 0 Å². The molecule has 1 aliphatic rings. The number of piperazine rings is 1. The Hall–Kier alpha value is -2.80. The van der Waals surface area contributed by atoms with Crippen LogP contribution in [-0.4, -0.2) is 68.0 Å². The molecule has 2 aromatic rings. The molecule has 0 unspecified atom stereocenters. The Morgan fingerprint density at radius 3 is 2.59 bits per heavy atom. The van der Waals surface area contributed by atoms with E-state index in [-0.39, 0.29) is 11.8 Å². The molecular formula is C20H25N3O4. The van der Waals surface area contributed by atoms with E-state index in [0.717, 1.165) is 18.7 Å². The van der Waals surface area contributed by atoms with Gasteiger partial charge in [0.1, 0.15) is 5.75 Å². The van der Waals surface area contributed by atoms with Gasteiger partial charge in [0.2, 0.25) is 5.91 Å². The highest BCUT2D eigenvalue weighted by Crippen LogP contribution is 2.12. The molecule has 1 aliphatic heterocycles. The summed E-state index contributed by atoms with van der Waals surface area (Å²) < 4.78 is 10.4. The molecule has 0 radical (unpaired) electrons. The van der Waals surface area contributed by atoms with Gasteiger partial charge in [-0.2, -0.15) is 0 Å². The zero-order valence-electron chi connectivity index (χ0n) is 15.5. The molecule has 0 atom stereocenters. The van der Waals surface area contributed by atoms with Gasteiger partial charge in [-0.25, -0.2) is 0 Å². The number of benzene rings is 1. The van der Waals surface area contributed by atoms with Crippen LogP contribution in [-0.2, 0) is 11.2 Å². The highest BCUT2D eigenvalue weighted by molar-refractivity contribution is 5.91. The average molecular weight is 371 g/mol. The number of carbonyl (C=O) groups excluding carboxylic acids is 2. The van der Waals surface area contributed by atoms with E-state index in [0.29, 0.717) is 38.5 Å². The standard InChI is InChI=1S/C20H25N3O4/c1-26-17-5-2-4-16(14-17)7-8-21-15-19(24)22-9-11-23(12-10-22)20(25)18-6-3-13-27-18/h2-6,13-14,21H,7-12,15H2,1H3. The molecule has 7 nitrogen and oxygen atoms in total. The first-order valence-electron chi connectivity index (χ1n) is 9.11. The van der Waals surface area contributed by atoms with E-state index in [4.69, 9.17) is 9.15 Å². The van der Waals surface area contributed by atoms with E-state index in [1.54, 1.807) is 29.0 Å². The zero-order valence-corrected chi connectivity index (χ0v) is 15.5. The van der Waals surface area contributed by atoms with Crippen molar-refractivity contribution in [2.45, 2.75) is 6.42 Å². The first-order valence-corrected chi connectivity index (χ1v) is 9.11. The van der Waals surface area contributed by atoms with Crippen LogP contribution in [0, 0.1) is 0 Å². The molecule has 1 aromatic heterocycles. The average Bonchev–Trinajstić information content (AvgIpc) is 3.25. The minimum atomic E-state index is -0.122. The van der Waals surface area contributed by atoms with Gasteiger partial charge in [0.15, 0.2) is 5.76 Å². The fourth-order valence-corrected chi connectivity index (χ4v) is 3.08. The maximum Gasteiger partial charge on any atom is 0.289 e. The summed E-state index contributed by atoms with van der Waals surface area (Å²) in [4.78, 5) is 28.1. The Labute approximate surface area is 158 Å². The van der Waals surface area contributed by atoms with Crippen molar-refractivity contribution in [3.63, 3.8) is 0 Å². The summed E-state index contributed by atoms with van der Waals surface area (Å²) in [5.41, 5.74) is 1.17. The Balaban J connectivity index is 1.36. The fraction of sp³-hybridized carbons (Fsp3) is 0.400. The third kappa shape index (κ3) is 5.10. The van der Waals surface area contributed by atoms with Crippen LogP contribution in [0.15, 0.2) is 47.1 Å². The molecule has 1 N–H and O–H groups in total. The molecule has 1 aromatic carbocycles. The molecule has 1 fully saturated rings. The second-order valence-corrected chi connectivity index (χ2v) is 6.43. The minimum Gasteiger partial charge on any atom is -0.497 e. The number of amides is 2. The van der Waals surface area contributed by atoms with Crippen molar-refractivity contribution in [1.29, 1.82) is 0 Å². The Bertz CT molecular complexity index is 752. The van der Waals surface area contributed by atoms with Crippen molar-refractivity contribution in [3.8, 4) is 5.75 Å². The number of hydrogen-bond acceptors (Lipinski definition) is 5. The number of methoxy groups -OCH3 is 1. The summed E-state index contributed by atoms with van der Waals surface area (Å²) in [6.07, 6.45) is 2.32. The predicted molar refractivity (Wildman–Crippen MR) is 101 cm³/mol. The third-order valence-electron chi connectivity index (χ3n) is 4.65. The second kappa shape index (κ2) is 9.23. The molecule has 0 spiro atoms. The van der Waals surface area contributed by atoms with Crippen LogP contribution in [0.5, 0.6) is 5.75 Å². The lowest BCUT2D eigenvalue weighted by atomic mass is 10.1. The van der Waals surface area contributed by atoms with Gasteiger partial charge in [0.25, 0.3) is 5.91 Å². The molecule has 2 heterocycles. The molecule has 0 aliphatic carbocycles. The van der Waals surface area contributed by atoms with Crippen LogP contribution in [0.25, 0.3) is 0 Å². The predicted octanol–water partition coefficient (Wildman–Crippen LogP) is 1.40. The SMILES string of the molecule is COc1cccc(CCNCC(=O)N2CCN(C(=O)c3ccco3)CC2)c1. The van der Waals surface area contributed by atoms with Crippen molar-refractivity contribution >= 4 is 11.8 Å². The quantitative estimate of drug-likeness (QED) is 0.745. The summed E-state index contributed by atoms with van der Waals surface area (Å²) in [5, 5.41) is 3.20. The lowest BCUT2D eigenvalue weighted by Crippen LogP contribution is -2.52. The largest absolute Gasteiger partial charge is 0.497 e. The highest BCUT2D eigenvalue weighted by Gasteiger charge is 2.25. The molecule has 0 saturated carbocycles. The minimum absolute atomic E-state index is 0.0609. The van der Waals surface area contributed by atoms with Crippen LogP contribution < -0.4 is 10.1 Å². The molecule has 27 heavy (non-hydrogen) atoms. The van der Waals surface area contributed by atoms with Gasteiger partial charge in [-0.15, -0.1) is 0 Å². The van der Waals surface area contributed by atoms with Gasteiger partial charge in [-0.1, -0.05) is 12.1 Å². The Morgan fingerprint density at radius 1 is 1.11 bits per heavy atom. The number of rotatable bonds is 7. The summed E-state index contributed by atoms with van der Waals surface area (Å²) in [6.45, 7) is 3.15. The van der Waals surface area contributed by atoms with Crippen LogP contribution >= 0.6 is 0 Å². The van der Waals surface area contributed by atoms with Crippen LogP contribution in [0.1, 0.15) is 16.1 Å². The van der Waals surface area contributed by atoms with Crippen molar-refractivity contribution in [2.24, 2.45) is 0 Å². The van der Waals surface area contributed by atoms with Crippen molar-refractivity contribution in [3.05, 3.63) is 54.0 Å². The van der Waals surface area contributed by atoms with Crippen LogP contribution in [0.4, 0.5) is 0 Å². The lowest BCUT2D eigenvalue weighted by molar-refractivity contribution is -0.131. The van der Waals surface area contributed by atoms with Crippen molar-refractivity contribution in [2.75, 3.05) is 46.4 Å². The van der Waals surface area contributed by atoms with Gasteiger partial charge in [0.05, 0.1) is 19.9 Å². The van der Waals surface area contributed by atoms with Gasteiger partial charge in [-0.3, -0.25) is 9.59 Å². The second-order valence-electron chi connectivity index (χ2n) is 6.43. The van der Waals surface area contributed by atoms with E-state index in [9.17, 15) is 9.59 Å². The van der Waals surface area contributed by atoms with Crippen LogP contribution in [0.2, 0.25) is 0 Å². The van der Waals surface area contributed by atoms with Crippen molar-refractivity contribution in [1.82, 2.24) is 15.1 Å². The molecule has 3 rings (SSSR count). The lowest BCUT2D eigenvalue weighted by Gasteiger charge is -2.34. The smallest absolute Gasteiger partial charge is 0.289 e. The van der Waals surface area contributed by atoms with Crippen molar-refractivity contribution < 1.29 is 18.7 Å². The molecule has 1 saturated heterocycles. The third-order valence-corrected chi connectivity index (χ3v) is 4.65. The Kier molecular flexibility index (Phi) is 6.49. The zero-order chi connectivity index (χ0) is 19.1. The van der Waals surface area contributed by atoms with Crippen LogP contribution in [0.3, 0.4) is 0 Å². The first-order chi connectivity index (χ1) is 13.2. The highest BCUT2D eigenvalue weighted by atomic mass is 16.5.